The number of piperidine rings is 1. The summed E-state index contributed by atoms with van der Waals surface area (Å²) < 4.78 is 13.8. The Morgan fingerprint density at radius 2 is 1.82 bits per heavy atom. The van der Waals surface area contributed by atoms with Gasteiger partial charge < -0.3 is 25.5 Å². The third-order valence-corrected chi connectivity index (χ3v) is 5.41. The topological polar surface area (TPSA) is 76.6 Å². The summed E-state index contributed by atoms with van der Waals surface area (Å²) in [5, 5.41) is 16.2. The minimum Gasteiger partial charge on any atom is -0.393 e. The number of hydrogen-bond acceptors (Lipinski definition) is 7. The van der Waals surface area contributed by atoms with Gasteiger partial charge in [-0.3, -0.25) is 0 Å². The maximum atomic E-state index is 13.8. The van der Waals surface area contributed by atoms with Gasteiger partial charge in [0.05, 0.1) is 17.3 Å². The average molecular weight is 407 g/mol. The molecular formula is C19H24ClFN6O. The summed E-state index contributed by atoms with van der Waals surface area (Å²) >= 11 is 5.73. The summed E-state index contributed by atoms with van der Waals surface area (Å²) in [5.41, 5.74) is 1.06. The SMILES string of the molecule is OC1CCN(c2cc(N3CCNCC3)cc(Nc3cc(F)c(Cl)cn3)n2)CC1. The van der Waals surface area contributed by atoms with Gasteiger partial charge >= 0.3 is 0 Å². The highest BCUT2D eigenvalue weighted by Gasteiger charge is 2.21. The number of halogens is 2. The predicted molar refractivity (Wildman–Crippen MR) is 109 cm³/mol. The number of hydrogen-bond donors (Lipinski definition) is 3. The van der Waals surface area contributed by atoms with Gasteiger partial charge in [0.2, 0.25) is 0 Å². The minimum absolute atomic E-state index is 0.0133. The first kappa shape index (κ1) is 19.2. The van der Waals surface area contributed by atoms with Gasteiger partial charge in [-0.05, 0) is 12.8 Å². The van der Waals surface area contributed by atoms with Gasteiger partial charge in [-0.2, -0.15) is 0 Å². The fourth-order valence-corrected chi connectivity index (χ4v) is 3.65. The lowest BCUT2D eigenvalue weighted by Crippen LogP contribution is -2.43. The third-order valence-electron chi connectivity index (χ3n) is 5.13. The van der Waals surface area contributed by atoms with E-state index in [4.69, 9.17) is 16.6 Å². The molecule has 0 unspecified atom stereocenters. The fourth-order valence-electron chi connectivity index (χ4n) is 3.54. The Morgan fingerprint density at radius 3 is 2.54 bits per heavy atom. The molecule has 0 radical (unpaired) electrons. The van der Waals surface area contributed by atoms with Crippen molar-refractivity contribution in [2.24, 2.45) is 0 Å². The number of anilines is 4. The van der Waals surface area contributed by atoms with Crippen molar-refractivity contribution in [2.45, 2.75) is 18.9 Å². The van der Waals surface area contributed by atoms with Crippen molar-refractivity contribution in [2.75, 3.05) is 54.4 Å². The Morgan fingerprint density at radius 1 is 1.07 bits per heavy atom. The molecule has 0 aliphatic carbocycles. The highest BCUT2D eigenvalue weighted by atomic mass is 35.5. The number of aromatic nitrogens is 2. The molecule has 2 aromatic heterocycles. The zero-order chi connectivity index (χ0) is 19.5. The van der Waals surface area contributed by atoms with Crippen molar-refractivity contribution in [3.05, 3.63) is 35.2 Å². The number of piperazine rings is 1. The van der Waals surface area contributed by atoms with Gasteiger partial charge in [0.15, 0.2) is 0 Å². The highest BCUT2D eigenvalue weighted by Crippen LogP contribution is 2.29. The van der Waals surface area contributed by atoms with Crippen molar-refractivity contribution >= 4 is 34.7 Å². The maximum absolute atomic E-state index is 13.8. The van der Waals surface area contributed by atoms with Crippen LogP contribution in [0.4, 0.5) is 27.5 Å². The number of nitrogens with zero attached hydrogens (tertiary/aromatic N) is 4. The minimum atomic E-state index is -0.525. The van der Waals surface area contributed by atoms with Gasteiger partial charge in [0.25, 0.3) is 0 Å². The second-order valence-electron chi connectivity index (χ2n) is 7.13. The van der Waals surface area contributed by atoms with E-state index < -0.39 is 5.82 Å². The zero-order valence-electron chi connectivity index (χ0n) is 15.5. The monoisotopic (exact) mass is 406 g/mol. The Balaban J connectivity index is 1.63. The smallest absolute Gasteiger partial charge is 0.147 e. The Labute approximate surface area is 168 Å². The van der Waals surface area contributed by atoms with E-state index in [-0.39, 0.29) is 11.1 Å². The van der Waals surface area contributed by atoms with Crippen LogP contribution in [0.3, 0.4) is 0 Å². The number of nitrogens with one attached hydrogen (secondary N) is 2. The second kappa shape index (κ2) is 8.46. The molecule has 28 heavy (non-hydrogen) atoms. The first-order valence-corrected chi connectivity index (χ1v) is 9.95. The Kier molecular flexibility index (Phi) is 5.79. The lowest BCUT2D eigenvalue weighted by Gasteiger charge is -2.33. The van der Waals surface area contributed by atoms with Crippen LogP contribution in [0.5, 0.6) is 0 Å². The molecule has 4 heterocycles. The molecule has 7 nitrogen and oxygen atoms in total. The van der Waals surface area contributed by atoms with Crippen LogP contribution in [-0.2, 0) is 0 Å². The van der Waals surface area contributed by atoms with E-state index in [9.17, 15) is 9.50 Å². The van der Waals surface area contributed by atoms with Gasteiger partial charge in [-0.1, -0.05) is 11.6 Å². The van der Waals surface area contributed by atoms with Crippen LogP contribution in [-0.4, -0.2) is 60.4 Å². The van der Waals surface area contributed by atoms with E-state index in [1.165, 1.54) is 12.3 Å². The standard InChI is InChI=1S/C19H24ClFN6O/c20-15-12-23-17(11-16(15)21)24-18-9-13(26-7-3-22-4-8-26)10-19(25-18)27-5-1-14(28)2-6-27/h9-12,14,22,28H,1-8H2,(H,23,24,25). The summed E-state index contributed by atoms with van der Waals surface area (Å²) in [4.78, 5) is 13.3. The third kappa shape index (κ3) is 4.45. The molecule has 0 bridgehead atoms. The zero-order valence-corrected chi connectivity index (χ0v) is 16.3. The van der Waals surface area contributed by atoms with Crippen LogP contribution in [0.2, 0.25) is 5.02 Å². The van der Waals surface area contributed by atoms with E-state index in [0.29, 0.717) is 11.6 Å². The molecule has 2 aliphatic heterocycles. The van der Waals surface area contributed by atoms with Crippen molar-refractivity contribution in [3.63, 3.8) is 0 Å². The van der Waals surface area contributed by atoms with Gasteiger partial charge in [0, 0.05) is 63.2 Å². The molecule has 0 spiro atoms. The van der Waals surface area contributed by atoms with Gasteiger partial charge in [-0.25, -0.2) is 14.4 Å². The van der Waals surface area contributed by atoms with Crippen LogP contribution < -0.4 is 20.4 Å². The summed E-state index contributed by atoms with van der Waals surface area (Å²) in [6.45, 7) is 5.20. The molecule has 0 saturated carbocycles. The molecule has 3 N–H and O–H groups in total. The fraction of sp³-hybridized carbons (Fsp3) is 0.474. The number of aliphatic hydroxyl groups excluding tert-OH is 1. The van der Waals surface area contributed by atoms with Crippen LogP contribution >= 0.6 is 11.6 Å². The molecule has 150 valence electrons. The largest absolute Gasteiger partial charge is 0.393 e. The summed E-state index contributed by atoms with van der Waals surface area (Å²) in [5.74, 6) is 1.28. The first-order valence-electron chi connectivity index (χ1n) is 9.57. The van der Waals surface area contributed by atoms with Crippen molar-refractivity contribution in [1.82, 2.24) is 15.3 Å². The molecule has 9 heteroatoms. The van der Waals surface area contributed by atoms with Crippen LogP contribution in [0.1, 0.15) is 12.8 Å². The highest BCUT2D eigenvalue weighted by molar-refractivity contribution is 6.30. The number of aliphatic hydroxyl groups is 1. The molecule has 0 atom stereocenters. The molecule has 4 rings (SSSR count). The summed E-state index contributed by atoms with van der Waals surface area (Å²) in [6, 6.07) is 5.31. The molecule has 0 amide bonds. The summed E-state index contributed by atoms with van der Waals surface area (Å²) in [7, 11) is 0. The Hall–Kier alpha value is -2.16. The maximum Gasteiger partial charge on any atom is 0.147 e. The molecule has 2 aliphatic rings. The molecule has 2 aromatic rings. The number of rotatable bonds is 4. The van der Waals surface area contributed by atoms with Crippen molar-refractivity contribution in [1.29, 1.82) is 0 Å². The van der Waals surface area contributed by atoms with Crippen LogP contribution in [0.25, 0.3) is 0 Å². The first-order chi connectivity index (χ1) is 13.6. The lowest BCUT2D eigenvalue weighted by molar-refractivity contribution is 0.145. The van der Waals surface area contributed by atoms with E-state index >= 15 is 0 Å². The van der Waals surface area contributed by atoms with Gasteiger partial charge in [0.1, 0.15) is 23.3 Å². The van der Waals surface area contributed by atoms with Crippen molar-refractivity contribution in [3.8, 4) is 0 Å². The predicted octanol–water partition coefficient (Wildman–Crippen LogP) is 2.38. The van der Waals surface area contributed by atoms with Gasteiger partial charge in [-0.15, -0.1) is 0 Å². The second-order valence-corrected chi connectivity index (χ2v) is 7.54. The summed E-state index contributed by atoms with van der Waals surface area (Å²) in [6.07, 6.45) is 2.50. The van der Waals surface area contributed by atoms with E-state index in [2.05, 4.69) is 31.5 Å². The normalized spacial score (nSPS) is 18.4. The van der Waals surface area contributed by atoms with E-state index in [1.54, 1.807) is 0 Å². The van der Waals surface area contributed by atoms with Crippen LogP contribution in [0.15, 0.2) is 24.4 Å². The number of pyridine rings is 2. The molecule has 0 aromatic carbocycles. The molecule has 2 fully saturated rings. The van der Waals surface area contributed by atoms with Crippen LogP contribution in [0, 0.1) is 5.82 Å². The van der Waals surface area contributed by atoms with Crippen molar-refractivity contribution < 1.29 is 9.50 Å². The lowest BCUT2D eigenvalue weighted by atomic mass is 10.1. The molecular weight excluding hydrogens is 383 g/mol. The molecule has 2 saturated heterocycles. The van der Waals surface area contributed by atoms with E-state index in [1.807, 2.05) is 6.07 Å². The van der Waals surface area contributed by atoms with E-state index in [0.717, 1.165) is 63.6 Å². The average Bonchev–Trinajstić information content (AvgIpc) is 2.72. The quantitative estimate of drug-likeness (QED) is 0.719. The Bertz CT molecular complexity index is 824.